The average molecular weight is 288 g/mol. The number of aromatic nitrogens is 2. The van der Waals surface area contributed by atoms with Gasteiger partial charge in [-0.05, 0) is 12.1 Å². The Labute approximate surface area is 116 Å². The Balaban J connectivity index is 1.92. The molecule has 0 unspecified atom stereocenters. The Morgan fingerprint density at radius 1 is 1.40 bits per heavy atom. The number of non-ortho nitro benzene ring substituents is 1. The molecule has 3 rings (SSSR count). The molecule has 0 bridgehead atoms. The van der Waals surface area contributed by atoms with Crippen LogP contribution in [0.4, 0.5) is 11.4 Å². The van der Waals surface area contributed by atoms with E-state index in [4.69, 9.17) is 0 Å². The van der Waals surface area contributed by atoms with Crippen LogP contribution in [-0.4, -0.2) is 21.0 Å². The van der Waals surface area contributed by atoms with Crippen molar-refractivity contribution in [2.75, 3.05) is 5.32 Å². The monoisotopic (exact) mass is 288 g/mol. The molecule has 0 saturated heterocycles. The standard InChI is InChI=1S/C12H8N4O3S/c17-12(15-8-5-13-14-6-8)11-4-7-3-9(16(18)19)1-2-10(7)20-11/h1-6H,(H,13,14)(H,15,17). The number of rotatable bonds is 3. The number of nitro groups is 1. The molecule has 0 aliphatic carbocycles. The number of nitrogens with zero attached hydrogens (tertiary/aromatic N) is 2. The molecule has 0 spiro atoms. The Morgan fingerprint density at radius 3 is 2.95 bits per heavy atom. The van der Waals surface area contributed by atoms with Gasteiger partial charge in [0, 0.05) is 28.4 Å². The molecule has 7 nitrogen and oxygen atoms in total. The lowest BCUT2D eigenvalue weighted by molar-refractivity contribution is -0.384. The van der Waals surface area contributed by atoms with E-state index in [1.807, 2.05) is 0 Å². The highest BCUT2D eigenvalue weighted by Gasteiger charge is 2.13. The van der Waals surface area contributed by atoms with Crippen molar-refractivity contribution in [3.05, 3.63) is 51.7 Å². The summed E-state index contributed by atoms with van der Waals surface area (Å²) < 4.78 is 0.827. The van der Waals surface area contributed by atoms with Crippen molar-refractivity contribution in [2.45, 2.75) is 0 Å². The van der Waals surface area contributed by atoms with Crippen molar-refractivity contribution in [1.29, 1.82) is 0 Å². The van der Waals surface area contributed by atoms with Crippen LogP contribution < -0.4 is 5.32 Å². The van der Waals surface area contributed by atoms with Gasteiger partial charge in [-0.1, -0.05) is 0 Å². The molecule has 0 saturated carbocycles. The molecule has 2 N–H and O–H groups in total. The maximum atomic E-state index is 12.0. The van der Waals surface area contributed by atoms with Crippen molar-refractivity contribution in [1.82, 2.24) is 10.2 Å². The maximum absolute atomic E-state index is 12.0. The van der Waals surface area contributed by atoms with Crippen LogP contribution in [0.25, 0.3) is 10.1 Å². The van der Waals surface area contributed by atoms with Crippen molar-refractivity contribution in [3.63, 3.8) is 0 Å². The Kier molecular flexibility index (Phi) is 2.92. The number of thiophene rings is 1. The van der Waals surface area contributed by atoms with Crippen molar-refractivity contribution >= 4 is 38.7 Å². The highest BCUT2D eigenvalue weighted by Crippen LogP contribution is 2.29. The number of hydrogen-bond acceptors (Lipinski definition) is 5. The van der Waals surface area contributed by atoms with E-state index >= 15 is 0 Å². The largest absolute Gasteiger partial charge is 0.319 e. The fourth-order valence-corrected chi connectivity index (χ4v) is 2.71. The average Bonchev–Trinajstić information content (AvgIpc) is 3.05. The van der Waals surface area contributed by atoms with Crippen LogP contribution >= 0.6 is 11.3 Å². The summed E-state index contributed by atoms with van der Waals surface area (Å²) in [5.74, 6) is -0.268. The number of carbonyl (C=O) groups is 1. The predicted octanol–water partition coefficient (Wildman–Crippen LogP) is 2.78. The third-order valence-corrected chi connectivity index (χ3v) is 3.81. The first kappa shape index (κ1) is 12.3. The van der Waals surface area contributed by atoms with Crippen molar-refractivity contribution in [2.24, 2.45) is 0 Å². The fourth-order valence-electron chi connectivity index (χ4n) is 1.77. The lowest BCUT2D eigenvalue weighted by Crippen LogP contribution is -2.09. The molecule has 0 aliphatic rings. The number of nitrogens with one attached hydrogen (secondary N) is 2. The van der Waals surface area contributed by atoms with Crippen LogP contribution in [0, 0.1) is 10.1 Å². The van der Waals surface area contributed by atoms with Crippen LogP contribution in [-0.2, 0) is 0 Å². The molecule has 0 radical (unpaired) electrons. The van der Waals surface area contributed by atoms with E-state index in [-0.39, 0.29) is 11.6 Å². The zero-order valence-electron chi connectivity index (χ0n) is 9.99. The lowest BCUT2D eigenvalue weighted by atomic mass is 10.2. The smallest absolute Gasteiger partial charge is 0.270 e. The van der Waals surface area contributed by atoms with Crippen LogP contribution in [0.2, 0.25) is 0 Å². The van der Waals surface area contributed by atoms with Crippen LogP contribution in [0.5, 0.6) is 0 Å². The number of nitro benzene ring substituents is 1. The Morgan fingerprint density at radius 2 is 2.25 bits per heavy atom. The summed E-state index contributed by atoms with van der Waals surface area (Å²) in [6.45, 7) is 0. The Hall–Kier alpha value is -2.74. The van der Waals surface area contributed by atoms with Crippen LogP contribution in [0.15, 0.2) is 36.7 Å². The van der Waals surface area contributed by atoms with Gasteiger partial charge in [-0.3, -0.25) is 20.0 Å². The van der Waals surface area contributed by atoms with Gasteiger partial charge >= 0.3 is 0 Å². The molecule has 0 aliphatic heterocycles. The summed E-state index contributed by atoms with van der Waals surface area (Å²) in [5, 5.41) is 20.4. The van der Waals surface area contributed by atoms with E-state index in [9.17, 15) is 14.9 Å². The van der Waals surface area contributed by atoms with E-state index in [2.05, 4.69) is 15.5 Å². The molecule has 8 heteroatoms. The highest BCUT2D eigenvalue weighted by atomic mass is 32.1. The van der Waals surface area contributed by atoms with Gasteiger partial charge in [-0.25, -0.2) is 0 Å². The second-order valence-corrected chi connectivity index (χ2v) is 5.11. The zero-order chi connectivity index (χ0) is 14.1. The lowest BCUT2D eigenvalue weighted by Gasteiger charge is -1.97. The molecule has 100 valence electrons. The van der Waals surface area contributed by atoms with Crippen LogP contribution in [0.3, 0.4) is 0 Å². The fraction of sp³-hybridized carbons (Fsp3) is 0. The predicted molar refractivity (Wildman–Crippen MR) is 75.0 cm³/mol. The SMILES string of the molecule is O=C(Nc1cn[nH]c1)c1cc2cc([N+](=O)[O-])ccc2s1. The van der Waals surface area contributed by atoms with E-state index < -0.39 is 4.92 Å². The number of benzene rings is 1. The first-order valence-corrected chi connectivity index (χ1v) is 6.43. The summed E-state index contributed by atoms with van der Waals surface area (Å²) in [6.07, 6.45) is 3.06. The summed E-state index contributed by atoms with van der Waals surface area (Å²) >= 11 is 1.28. The quantitative estimate of drug-likeness (QED) is 0.571. The van der Waals surface area contributed by atoms with Crippen LogP contribution in [0.1, 0.15) is 9.67 Å². The van der Waals surface area contributed by atoms with Gasteiger partial charge in [0.05, 0.1) is 21.7 Å². The summed E-state index contributed by atoms with van der Waals surface area (Å²) in [4.78, 5) is 22.8. The number of fused-ring (bicyclic) bond motifs is 1. The summed E-state index contributed by atoms with van der Waals surface area (Å²) in [5.41, 5.74) is 0.579. The van der Waals surface area contributed by atoms with Gasteiger partial charge in [0.25, 0.3) is 11.6 Å². The van der Waals surface area contributed by atoms with E-state index in [0.717, 1.165) is 4.70 Å². The minimum Gasteiger partial charge on any atom is -0.319 e. The molecule has 1 amide bonds. The van der Waals surface area contributed by atoms with Gasteiger partial charge in [-0.2, -0.15) is 5.10 Å². The number of amides is 1. The topological polar surface area (TPSA) is 101 Å². The minimum absolute atomic E-state index is 0.0112. The molecule has 2 aromatic heterocycles. The Bertz CT molecular complexity index is 794. The molecule has 2 heterocycles. The molecule has 3 aromatic rings. The number of carbonyl (C=O) groups excluding carboxylic acids is 1. The number of H-pyrrole nitrogens is 1. The van der Waals surface area contributed by atoms with Gasteiger partial charge in [0.15, 0.2) is 0 Å². The van der Waals surface area contributed by atoms with Crippen molar-refractivity contribution < 1.29 is 9.72 Å². The number of hydrogen-bond donors (Lipinski definition) is 2. The maximum Gasteiger partial charge on any atom is 0.270 e. The van der Waals surface area contributed by atoms with Crippen molar-refractivity contribution in [3.8, 4) is 0 Å². The molecular weight excluding hydrogens is 280 g/mol. The third-order valence-electron chi connectivity index (χ3n) is 2.69. The highest BCUT2D eigenvalue weighted by molar-refractivity contribution is 7.20. The first-order chi connectivity index (χ1) is 9.63. The summed E-state index contributed by atoms with van der Waals surface area (Å²) in [7, 11) is 0. The molecule has 1 aromatic carbocycles. The first-order valence-electron chi connectivity index (χ1n) is 5.61. The van der Waals surface area contributed by atoms with E-state index in [1.165, 1.54) is 29.7 Å². The normalized spacial score (nSPS) is 10.6. The molecule has 20 heavy (non-hydrogen) atoms. The second kappa shape index (κ2) is 4.74. The zero-order valence-corrected chi connectivity index (χ0v) is 10.8. The molecule has 0 atom stereocenters. The minimum atomic E-state index is -0.456. The molecular formula is C12H8N4O3S. The van der Waals surface area contributed by atoms with Gasteiger partial charge in [0.2, 0.25) is 0 Å². The van der Waals surface area contributed by atoms with Gasteiger partial charge in [0.1, 0.15) is 0 Å². The van der Waals surface area contributed by atoms with E-state index in [0.29, 0.717) is 16.0 Å². The molecule has 0 fully saturated rings. The number of aromatic amines is 1. The van der Waals surface area contributed by atoms with Gasteiger partial charge in [-0.15, -0.1) is 11.3 Å². The summed E-state index contributed by atoms with van der Waals surface area (Å²) in [6, 6.07) is 6.17. The number of anilines is 1. The third kappa shape index (κ3) is 2.24. The van der Waals surface area contributed by atoms with Gasteiger partial charge < -0.3 is 5.32 Å². The second-order valence-electron chi connectivity index (χ2n) is 4.03. The van der Waals surface area contributed by atoms with E-state index in [1.54, 1.807) is 18.3 Å².